The SMILES string of the molecule is COC(=O)[C@H](C)Sc1nc2sc3c(c2c(=O)n1-c1cc(C)ccc1C)CC[C@H](C)C3. The van der Waals surface area contributed by atoms with Crippen LogP contribution < -0.4 is 5.56 Å². The number of carbonyl (C=O) groups excluding carboxylic acids is 1. The van der Waals surface area contributed by atoms with Gasteiger partial charge < -0.3 is 4.74 Å². The maximum atomic E-state index is 13.8. The summed E-state index contributed by atoms with van der Waals surface area (Å²) in [5.41, 5.74) is 4.01. The summed E-state index contributed by atoms with van der Waals surface area (Å²) in [6, 6.07) is 6.07. The Kier molecular flexibility index (Phi) is 5.77. The lowest BCUT2D eigenvalue weighted by Crippen LogP contribution is -2.25. The van der Waals surface area contributed by atoms with Gasteiger partial charge in [-0.15, -0.1) is 11.3 Å². The van der Waals surface area contributed by atoms with Crippen molar-refractivity contribution < 1.29 is 9.53 Å². The third-order valence-electron chi connectivity index (χ3n) is 5.72. The molecule has 30 heavy (non-hydrogen) atoms. The van der Waals surface area contributed by atoms with Crippen molar-refractivity contribution in [1.29, 1.82) is 0 Å². The molecular weight excluding hydrogens is 416 g/mol. The molecule has 1 aliphatic carbocycles. The predicted molar refractivity (Wildman–Crippen MR) is 123 cm³/mol. The van der Waals surface area contributed by atoms with Gasteiger partial charge in [0.1, 0.15) is 10.1 Å². The first-order chi connectivity index (χ1) is 14.3. The largest absolute Gasteiger partial charge is 0.468 e. The molecule has 0 aliphatic heterocycles. The number of ether oxygens (including phenoxy) is 1. The Morgan fingerprint density at radius 1 is 1.37 bits per heavy atom. The lowest BCUT2D eigenvalue weighted by atomic mass is 9.89. The maximum Gasteiger partial charge on any atom is 0.318 e. The van der Waals surface area contributed by atoms with Gasteiger partial charge in [-0.25, -0.2) is 4.98 Å². The van der Waals surface area contributed by atoms with Gasteiger partial charge in [0.15, 0.2) is 5.16 Å². The Labute approximate surface area is 184 Å². The number of nitrogens with zero attached hydrogens (tertiary/aromatic N) is 2. The molecule has 5 nitrogen and oxygen atoms in total. The van der Waals surface area contributed by atoms with Gasteiger partial charge in [0, 0.05) is 4.88 Å². The zero-order valence-corrected chi connectivity index (χ0v) is 19.6. The highest BCUT2D eigenvalue weighted by Gasteiger charge is 2.27. The van der Waals surface area contributed by atoms with Crippen molar-refractivity contribution in [3.63, 3.8) is 0 Å². The number of thioether (sulfide) groups is 1. The summed E-state index contributed by atoms with van der Waals surface area (Å²) in [5, 5.41) is 0.814. The summed E-state index contributed by atoms with van der Waals surface area (Å²) in [7, 11) is 1.38. The second kappa shape index (κ2) is 8.19. The van der Waals surface area contributed by atoms with E-state index in [1.807, 2.05) is 32.0 Å². The minimum atomic E-state index is -0.467. The van der Waals surface area contributed by atoms with Crippen molar-refractivity contribution in [3.05, 3.63) is 50.1 Å². The standard InChI is InChI=1S/C23H26N2O3S2/c1-12-6-8-14(3)17(10-12)25-21(26)19-16-9-7-13(2)11-18(16)30-20(19)24-23(25)29-15(4)22(27)28-5/h6,8,10,13,15H,7,9,11H2,1-5H3/t13-,15-/m0/s1. The van der Waals surface area contributed by atoms with Crippen LogP contribution in [0.2, 0.25) is 0 Å². The summed E-state index contributed by atoms with van der Waals surface area (Å²) in [6.07, 6.45) is 3.02. The molecule has 0 saturated carbocycles. The minimum absolute atomic E-state index is 0.0414. The number of hydrogen-bond acceptors (Lipinski definition) is 6. The molecule has 1 aromatic carbocycles. The van der Waals surface area contributed by atoms with Crippen molar-refractivity contribution in [1.82, 2.24) is 9.55 Å². The highest BCUT2D eigenvalue weighted by atomic mass is 32.2. The zero-order chi connectivity index (χ0) is 21.6. The van der Waals surface area contributed by atoms with E-state index in [1.54, 1.807) is 22.8 Å². The van der Waals surface area contributed by atoms with Crippen LogP contribution in [0, 0.1) is 19.8 Å². The van der Waals surface area contributed by atoms with E-state index in [-0.39, 0.29) is 11.5 Å². The highest BCUT2D eigenvalue weighted by molar-refractivity contribution is 8.00. The maximum absolute atomic E-state index is 13.8. The molecule has 0 spiro atoms. The van der Waals surface area contributed by atoms with Gasteiger partial charge in [-0.3, -0.25) is 14.2 Å². The average molecular weight is 443 g/mol. The Balaban J connectivity index is 1.99. The molecule has 4 rings (SSSR count). The topological polar surface area (TPSA) is 61.2 Å². The fourth-order valence-electron chi connectivity index (χ4n) is 4.00. The van der Waals surface area contributed by atoms with Crippen LogP contribution in [0.3, 0.4) is 0 Å². The molecule has 0 saturated heterocycles. The minimum Gasteiger partial charge on any atom is -0.468 e. The van der Waals surface area contributed by atoms with Crippen LogP contribution in [0.5, 0.6) is 0 Å². The van der Waals surface area contributed by atoms with E-state index in [2.05, 4.69) is 6.92 Å². The number of esters is 1. The van der Waals surface area contributed by atoms with E-state index >= 15 is 0 Å². The summed E-state index contributed by atoms with van der Waals surface area (Å²) in [6.45, 7) is 8.04. The number of hydrogen-bond donors (Lipinski definition) is 0. The van der Waals surface area contributed by atoms with E-state index in [9.17, 15) is 9.59 Å². The fourth-order valence-corrected chi connectivity index (χ4v) is 6.37. The third kappa shape index (κ3) is 3.69. The molecule has 7 heteroatoms. The third-order valence-corrected chi connectivity index (χ3v) is 7.90. The Morgan fingerprint density at radius 2 is 2.13 bits per heavy atom. The quantitative estimate of drug-likeness (QED) is 0.329. The second-order valence-corrected chi connectivity index (χ2v) is 10.5. The Bertz CT molecular complexity index is 1200. The molecule has 0 fully saturated rings. The number of aryl methyl sites for hydroxylation is 3. The molecular formula is C23H26N2O3S2. The predicted octanol–water partition coefficient (Wildman–Crippen LogP) is 4.84. The van der Waals surface area contributed by atoms with Crippen LogP contribution in [0.4, 0.5) is 0 Å². The number of methoxy groups -OCH3 is 1. The average Bonchev–Trinajstić information content (AvgIpc) is 3.07. The molecule has 0 amide bonds. The van der Waals surface area contributed by atoms with E-state index in [0.29, 0.717) is 11.1 Å². The summed E-state index contributed by atoms with van der Waals surface area (Å²) < 4.78 is 6.59. The van der Waals surface area contributed by atoms with Crippen molar-refractivity contribution in [3.8, 4) is 5.69 Å². The normalized spacial score (nSPS) is 17.0. The van der Waals surface area contributed by atoms with Crippen LogP contribution >= 0.6 is 23.1 Å². The first kappa shape index (κ1) is 21.1. The smallest absolute Gasteiger partial charge is 0.318 e. The molecule has 0 radical (unpaired) electrons. The number of thiophene rings is 1. The van der Waals surface area contributed by atoms with Crippen molar-refractivity contribution in [2.45, 2.75) is 57.4 Å². The summed E-state index contributed by atoms with van der Waals surface area (Å²) in [4.78, 5) is 32.9. The second-order valence-electron chi connectivity index (χ2n) is 8.14. The molecule has 158 valence electrons. The molecule has 0 unspecified atom stereocenters. The fraction of sp³-hybridized carbons (Fsp3) is 0.435. The van der Waals surface area contributed by atoms with E-state index in [0.717, 1.165) is 46.3 Å². The number of aromatic nitrogens is 2. The highest BCUT2D eigenvalue weighted by Crippen LogP contribution is 2.37. The van der Waals surface area contributed by atoms with E-state index in [4.69, 9.17) is 9.72 Å². The van der Waals surface area contributed by atoms with Crippen molar-refractivity contribution in [2.24, 2.45) is 5.92 Å². The Hall–Kier alpha value is -2.12. The number of rotatable bonds is 4. The van der Waals surface area contributed by atoms with Gasteiger partial charge in [0.25, 0.3) is 5.56 Å². The first-order valence-electron chi connectivity index (χ1n) is 10.2. The van der Waals surface area contributed by atoms with Crippen LogP contribution in [-0.2, 0) is 22.4 Å². The molecule has 0 N–H and O–H groups in total. The summed E-state index contributed by atoms with van der Waals surface area (Å²) in [5.74, 6) is 0.293. The van der Waals surface area contributed by atoms with Gasteiger partial charge >= 0.3 is 5.97 Å². The number of carbonyl (C=O) groups is 1. The number of fused-ring (bicyclic) bond motifs is 3. The first-order valence-corrected chi connectivity index (χ1v) is 11.9. The lowest BCUT2D eigenvalue weighted by molar-refractivity contribution is -0.139. The molecule has 2 atom stereocenters. The molecule has 2 heterocycles. The van der Waals surface area contributed by atoms with Gasteiger partial charge in [-0.1, -0.05) is 30.8 Å². The lowest BCUT2D eigenvalue weighted by Gasteiger charge is -2.18. The van der Waals surface area contributed by atoms with Crippen LogP contribution in [0.25, 0.3) is 15.9 Å². The molecule has 1 aliphatic rings. The van der Waals surface area contributed by atoms with Crippen LogP contribution in [-0.4, -0.2) is 27.9 Å². The van der Waals surface area contributed by atoms with Crippen LogP contribution in [0.1, 0.15) is 41.8 Å². The van der Waals surface area contributed by atoms with E-state index in [1.165, 1.54) is 29.3 Å². The summed E-state index contributed by atoms with van der Waals surface area (Å²) >= 11 is 2.90. The van der Waals surface area contributed by atoms with Gasteiger partial charge in [0.2, 0.25) is 0 Å². The van der Waals surface area contributed by atoms with E-state index < -0.39 is 5.25 Å². The van der Waals surface area contributed by atoms with Crippen molar-refractivity contribution >= 4 is 39.3 Å². The zero-order valence-electron chi connectivity index (χ0n) is 17.9. The van der Waals surface area contributed by atoms with Gasteiger partial charge in [-0.05, 0) is 68.7 Å². The number of benzene rings is 1. The van der Waals surface area contributed by atoms with Gasteiger partial charge in [0.05, 0.1) is 18.2 Å². The molecule has 3 aromatic rings. The molecule has 0 bridgehead atoms. The monoisotopic (exact) mass is 442 g/mol. The Morgan fingerprint density at radius 3 is 2.87 bits per heavy atom. The van der Waals surface area contributed by atoms with Gasteiger partial charge in [-0.2, -0.15) is 0 Å². The van der Waals surface area contributed by atoms with Crippen LogP contribution in [0.15, 0.2) is 28.2 Å². The molecule has 2 aromatic heterocycles. The van der Waals surface area contributed by atoms with Crippen molar-refractivity contribution in [2.75, 3.05) is 7.11 Å².